The molecule has 0 saturated carbocycles. The van der Waals surface area contributed by atoms with Gasteiger partial charge in [-0.15, -0.1) is 0 Å². The second-order valence-electron chi connectivity index (χ2n) is 12.6. The number of phenols is 2. The van der Waals surface area contributed by atoms with Crippen molar-refractivity contribution in [2.45, 2.75) is 62.4 Å². The summed E-state index contributed by atoms with van der Waals surface area (Å²) in [7, 11) is 1.30. The summed E-state index contributed by atoms with van der Waals surface area (Å²) in [6, 6.07) is 9.34. The molecule has 6 atom stereocenters. The lowest BCUT2D eigenvalue weighted by Gasteiger charge is -2.44. The van der Waals surface area contributed by atoms with Crippen molar-refractivity contribution in [2.75, 3.05) is 13.7 Å². The quantitative estimate of drug-likeness (QED) is 0.144. The van der Waals surface area contributed by atoms with Gasteiger partial charge < -0.3 is 39.7 Å². The van der Waals surface area contributed by atoms with Gasteiger partial charge in [-0.25, -0.2) is 0 Å². The number of methoxy groups -OCH3 is 1. The third-order valence-electron chi connectivity index (χ3n) is 9.89. The summed E-state index contributed by atoms with van der Waals surface area (Å²) in [5, 5.41) is 55.6. The zero-order valence-corrected chi connectivity index (χ0v) is 26.2. The maximum atomic E-state index is 13.9. The number of amides is 2. The third kappa shape index (κ3) is 4.70. The molecule has 7 rings (SSSR count). The summed E-state index contributed by atoms with van der Waals surface area (Å²) < 4.78 is 17.4. The molecule has 0 spiro atoms. The van der Waals surface area contributed by atoms with Crippen LogP contribution in [-0.2, 0) is 20.7 Å². The van der Waals surface area contributed by atoms with E-state index in [1.807, 2.05) is 0 Å². The van der Waals surface area contributed by atoms with Crippen LogP contribution in [0.25, 0.3) is 0 Å². The van der Waals surface area contributed by atoms with Crippen molar-refractivity contribution in [3.63, 3.8) is 0 Å². The van der Waals surface area contributed by atoms with E-state index < -0.39 is 107 Å². The van der Waals surface area contributed by atoms with Crippen LogP contribution in [0.1, 0.15) is 89.6 Å². The molecule has 5 N–H and O–H groups in total. The van der Waals surface area contributed by atoms with Gasteiger partial charge in [0.2, 0.25) is 5.78 Å². The van der Waals surface area contributed by atoms with Gasteiger partial charge in [-0.1, -0.05) is 24.3 Å². The zero-order chi connectivity index (χ0) is 35.1. The number of carbonyl (C=O) groups is 5. The number of Topliss-reactive ketones (excluding diaryl/α,β-unsaturated/α-hetero) is 1. The van der Waals surface area contributed by atoms with Crippen LogP contribution in [0.2, 0.25) is 0 Å². The number of aliphatic hydroxyl groups excluding tert-OH is 2. The van der Waals surface area contributed by atoms with E-state index in [1.54, 1.807) is 12.1 Å². The van der Waals surface area contributed by atoms with E-state index >= 15 is 0 Å². The molecule has 0 bridgehead atoms. The van der Waals surface area contributed by atoms with Crippen molar-refractivity contribution in [3.8, 4) is 17.2 Å². The van der Waals surface area contributed by atoms with Crippen LogP contribution >= 0.6 is 0 Å². The van der Waals surface area contributed by atoms with Gasteiger partial charge in [0.1, 0.15) is 35.6 Å². The highest BCUT2D eigenvalue weighted by Crippen LogP contribution is 2.52. The number of aromatic hydroxyl groups is 2. The van der Waals surface area contributed by atoms with Gasteiger partial charge in [-0.3, -0.25) is 28.9 Å². The lowest BCUT2D eigenvalue weighted by atomic mass is 9.72. The largest absolute Gasteiger partial charge is 0.507 e. The number of aliphatic hydroxyl groups is 3. The molecule has 4 unspecified atom stereocenters. The number of hydrogen-bond donors (Lipinski definition) is 5. The molecule has 0 aromatic heterocycles. The fourth-order valence-corrected chi connectivity index (χ4v) is 7.46. The van der Waals surface area contributed by atoms with Crippen LogP contribution < -0.4 is 4.74 Å². The van der Waals surface area contributed by atoms with Crippen molar-refractivity contribution in [3.05, 3.63) is 87.0 Å². The minimum Gasteiger partial charge on any atom is -0.507 e. The summed E-state index contributed by atoms with van der Waals surface area (Å²) in [4.78, 5) is 68.0. The molecule has 2 heterocycles. The molecular formula is C35H31NO13. The van der Waals surface area contributed by atoms with Gasteiger partial charge in [-0.2, -0.15) is 0 Å². The Bertz CT molecular complexity index is 1950. The molecule has 1 saturated heterocycles. The van der Waals surface area contributed by atoms with E-state index in [-0.39, 0.29) is 45.6 Å². The summed E-state index contributed by atoms with van der Waals surface area (Å²) in [6.07, 6.45) is -6.74. The van der Waals surface area contributed by atoms with Crippen LogP contribution in [0.3, 0.4) is 0 Å². The van der Waals surface area contributed by atoms with E-state index in [9.17, 15) is 49.5 Å². The molecule has 4 aliphatic rings. The topological polar surface area (TPSA) is 217 Å². The Morgan fingerprint density at radius 1 is 0.939 bits per heavy atom. The number of imide groups is 1. The fraction of sp³-hybridized carbons (Fsp3) is 0.343. The van der Waals surface area contributed by atoms with Crippen LogP contribution in [0.15, 0.2) is 42.5 Å². The van der Waals surface area contributed by atoms with Crippen molar-refractivity contribution >= 4 is 29.2 Å². The lowest BCUT2D eigenvalue weighted by Crippen LogP contribution is -2.57. The number of benzene rings is 3. The molecule has 2 amide bonds. The first-order chi connectivity index (χ1) is 23.3. The van der Waals surface area contributed by atoms with Crippen molar-refractivity contribution in [1.82, 2.24) is 4.90 Å². The van der Waals surface area contributed by atoms with E-state index in [0.29, 0.717) is 0 Å². The van der Waals surface area contributed by atoms with Crippen LogP contribution in [0, 0.1) is 0 Å². The minimum atomic E-state index is -2.37. The van der Waals surface area contributed by atoms with Crippen molar-refractivity contribution in [2.24, 2.45) is 0 Å². The predicted octanol–water partition coefficient (Wildman–Crippen LogP) is 1.34. The SMILES string of the molecule is COc1cccc2c1C(=O)c1c(O)c3c(c(O)c1C2=O)C[C@@](O)(C(=O)CO)C[C@@H]3OC1CC(N2C(=O)c3ccccc3C2=O)C(O)C(C)O1. The standard InChI is InChI=1S/C35H31NO13/c1-14-28(39)19(36-33(44)15-6-3-4-7-16(15)34(36)45)10-23(48-14)49-21-12-35(46,22(38)13-37)11-18-25(21)32(43)27-26(30(18)41)29(40)17-8-5-9-20(47-2)24(17)31(27)42/h3-9,14,19,21,23,28,37,39,41,43,46H,10-13H2,1-2H3/t14?,19?,21-,23?,28?,35-/m0/s1. The Balaban J connectivity index is 1.31. The highest BCUT2D eigenvalue weighted by atomic mass is 16.7. The molecule has 0 radical (unpaired) electrons. The van der Waals surface area contributed by atoms with E-state index in [1.165, 1.54) is 44.4 Å². The normalized spacial score (nSPS) is 27.4. The Hall–Kier alpha value is -4.99. The van der Waals surface area contributed by atoms with Crippen LogP contribution in [0.5, 0.6) is 17.2 Å². The molecule has 2 aliphatic carbocycles. The second kappa shape index (κ2) is 11.6. The monoisotopic (exact) mass is 673 g/mol. The lowest BCUT2D eigenvalue weighted by molar-refractivity contribution is -0.254. The maximum absolute atomic E-state index is 13.9. The third-order valence-corrected chi connectivity index (χ3v) is 9.89. The number of carbonyl (C=O) groups excluding carboxylic acids is 5. The first-order valence-corrected chi connectivity index (χ1v) is 15.5. The van der Waals surface area contributed by atoms with Gasteiger partial charge in [0.15, 0.2) is 17.9 Å². The van der Waals surface area contributed by atoms with E-state index in [2.05, 4.69) is 0 Å². The fourth-order valence-electron chi connectivity index (χ4n) is 7.46. The molecule has 49 heavy (non-hydrogen) atoms. The number of ether oxygens (including phenoxy) is 3. The first-order valence-electron chi connectivity index (χ1n) is 15.5. The van der Waals surface area contributed by atoms with Crippen LogP contribution in [0.4, 0.5) is 0 Å². The Labute approximate surface area is 278 Å². The number of phenolic OH excluding ortho intramolecular Hbond substituents is 2. The Morgan fingerprint density at radius 3 is 2.20 bits per heavy atom. The van der Waals surface area contributed by atoms with Gasteiger partial charge >= 0.3 is 0 Å². The van der Waals surface area contributed by atoms with Gasteiger partial charge in [0.05, 0.1) is 53.2 Å². The number of rotatable bonds is 6. The molecular weight excluding hydrogens is 642 g/mol. The Morgan fingerprint density at radius 2 is 1.57 bits per heavy atom. The number of fused-ring (bicyclic) bond motifs is 4. The summed E-state index contributed by atoms with van der Waals surface area (Å²) >= 11 is 0. The highest BCUT2D eigenvalue weighted by Gasteiger charge is 2.52. The smallest absolute Gasteiger partial charge is 0.261 e. The second-order valence-corrected chi connectivity index (χ2v) is 12.6. The van der Waals surface area contributed by atoms with Gasteiger partial charge in [0, 0.05) is 36.0 Å². The summed E-state index contributed by atoms with van der Waals surface area (Å²) in [5.41, 5.74) is -3.86. The molecule has 14 heteroatoms. The average Bonchev–Trinajstić information content (AvgIpc) is 3.34. The maximum Gasteiger partial charge on any atom is 0.261 e. The van der Waals surface area contributed by atoms with E-state index in [0.717, 1.165) is 4.90 Å². The molecule has 1 fully saturated rings. The zero-order valence-electron chi connectivity index (χ0n) is 26.2. The van der Waals surface area contributed by atoms with Crippen LogP contribution in [-0.4, -0.2) is 103 Å². The number of ketones is 3. The number of hydrogen-bond acceptors (Lipinski definition) is 13. The van der Waals surface area contributed by atoms with E-state index in [4.69, 9.17) is 14.2 Å². The predicted molar refractivity (Wildman–Crippen MR) is 165 cm³/mol. The minimum absolute atomic E-state index is 0.0520. The van der Waals surface area contributed by atoms with Gasteiger partial charge in [0.25, 0.3) is 11.8 Å². The molecule has 2 aliphatic heterocycles. The summed E-state index contributed by atoms with van der Waals surface area (Å²) in [5.74, 6) is -5.42. The molecule has 254 valence electrons. The van der Waals surface area contributed by atoms with Crippen molar-refractivity contribution < 1.29 is 63.7 Å². The number of nitrogens with zero attached hydrogens (tertiary/aromatic N) is 1. The Kier molecular flexibility index (Phi) is 7.68. The van der Waals surface area contributed by atoms with Crippen molar-refractivity contribution in [1.29, 1.82) is 0 Å². The highest BCUT2D eigenvalue weighted by molar-refractivity contribution is 6.31. The molecule has 3 aromatic carbocycles. The molecule has 14 nitrogen and oxygen atoms in total. The summed E-state index contributed by atoms with van der Waals surface area (Å²) in [6.45, 7) is 0.395. The first kappa shape index (κ1) is 32.6. The van der Waals surface area contributed by atoms with Gasteiger partial charge in [-0.05, 0) is 25.1 Å². The average molecular weight is 674 g/mol. The molecule has 3 aromatic rings.